The molecule has 0 radical (unpaired) electrons. The van der Waals surface area contributed by atoms with E-state index in [9.17, 15) is 19.5 Å². The molecule has 1 N–H and O–H groups in total. The highest BCUT2D eigenvalue weighted by molar-refractivity contribution is 6.21. The smallest absolute Gasteiger partial charge is 0.332 e. The highest BCUT2D eigenvalue weighted by Gasteiger charge is 2.44. The second kappa shape index (κ2) is 7.94. The summed E-state index contributed by atoms with van der Waals surface area (Å²) in [6, 6.07) is 16.2. The Morgan fingerprint density at radius 3 is 2.07 bits per heavy atom. The summed E-state index contributed by atoms with van der Waals surface area (Å²) >= 11 is 0. The molecule has 0 spiro atoms. The molecule has 28 heavy (non-hydrogen) atoms. The minimum Gasteiger partial charge on any atom is -0.479 e. The fourth-order valence-corrected chi connectivity index (χ4v) is 3.33. The second-order valence-corrected chi connectivity index (χ2v) is 7.47. The number of amides is 2. The van der Waals surface area contributed by atoms with Crippen LogP contribution < -0.4 is 0 Å². The average molecular weight is 381 g/mol. The van der Waals surface area contributed by atoms with Gasteiger partial charge in [0.15, 0.2) is 6.10 Å². The summed E-state index contributed by atoms with van der Waals surface area (Å²) in [7, 11) is 0. The molecule has 2 amide bonds. The van der Waals surface area contributed by atoms with Crippen molar-refractivity contribution in [2.75, 3.05) is 6.61 Å². The first-order valence-electron chi connectivity index (χ1n) is 9.17. The van der Waals surface area contributed by atoms with Crippen molar-refractivity contribution in [1.29, 1.82) is 0 Å². The lowest BCUT2D eigenvalue weighted by Gasteiger charge is -2.34. The molecule has 146 valence electrons. The predicted molar refractivity (Wildman–Crippen MR) is 103 cm³/mol. The molecule has 0 saturated carbocycles. The lowest BCUT2D eigenvalue weighted by Crippen LogP contribution is -2.51. The monoisotopic (exact) mass is 381 g/mol. The lowest BCUT2D eigenvalue weighted by molar-refractivity contribution is -0.152. The number of hydrogen-bond acceptors (Lipinski definition) is 4. The minimum absolute atomic E-state index is 0.0653. The number of aliphatic carboxylic acids is 1. The van der Waals surface area contributed by atoms with Crippen molar-refractivity contribution in [2.45, 2.75) is 38.3 Å². The van der Waals surface area contributed by atoms with E-state index >= 15 is 0 Å². The van der Waals surface area contributed by atoms with E-state index in [1.165, 1.54) is 0 Å². The van der Waals surface area contributed by atoms with Gasteiger partial charge in [0.1, 0.15) is 0 Å². The van der Waals surface area contributed by atoms with Gasteiger partial charge in [-0.25, -0.2) is 4.79 Å². The molecule has 0 aliphatic carbocycles. The molecule has 2 aromatic carbocycles. The van der Waals surface area contributed by atoms with Crippen LogP contribution in [0.2, 0.25) is 0 Å². The first-order chi connectivity index (χ1) is 13.3. The number of carboxylic acids is 1. The van der Waals surface area contributed by atoms with Crippen LogP contribution in [0.25, 0.3) is 0 Å². The van der Waals surface area contributed by atoms with Gasteiger partial charge in [-0.1, -0.05) is 42.5 Å². The van der Waals surface area contributed by atoms with Crippen LogP contribution in [0.4, 0.5) is 0 Å². The van der Waals surface area contributed by atoms with Gasteiger partial charge in [-0.05, 0) is 44.4 Å². The average Bonchev–Trinajstić information content (AvgIpc) is 2.94. The van der Waals surface area contributed by atoms with Gasteiger partial charge in [-0.2, -0.15) is 0 Å². The normalized spacial score (nSPS) is 14.9. The van der Waals surface area contributed by atoms with Crippen LogP contribution in [0.5, 0.6) is 0 Å². The molecule has 1 atom stereocenters. The van der Waals surface area contributed by atoms with Crippen molar-refractivity contribution in [1.82, 2.24) is 4.90 Å². The molecule has 1 aliphatic rings. The fraction of sp³-hybridized carbons (Fsp3) is 0.318. The highest BCUT2D eigenvalue weighted by atomic mass is 16.5. The van der Waals surface area contributed by atoms with Crippen LogP contribution >= 0.6 is 0 Å². The van der Waals surface area contributed by atoms with Crippen molar-refractivity contribution < 1.29 is 24.2 Å². The van der Waals surface area contributed by atoms with E-state index in [0.717, 1.165) is 10.5 Å². The third-order valence-electron chi connectivity index (χ3n) is 4.85. The van der Waals surface area contributed by atoms with E-state index in [0.29, 0.717) is 24.0 Å². The molecular weight excluding hydrogens is 358 g/mol. The topological polar surface area (TPSA) is 83.9 Å². The van der Waals surface area contributed by atoms with Crippen molar-refractivity contribution in [3.8, 4) is 0 Å². The van der Waals surface area contributed by atoms with Gasteiger partial charge in [0.2, 0.25) is 0 Å². The summed E-state index contributed by atoms with van der Waals surface area (Å²) in [5.74, 6) is -1.83. The zero-order valence-electron chi connectivity index (χ0n) is 15.9. The molecular formula is C22H23NO5. The van der Waals surface area contributed by atoms with Gasteiger partial charge in [-0.3, -0.25) is 14.5 Å². The SMILES string of the molecule is CC(C)(COC(CCc1ccccc1)C(=O)O)N1C(=O)c2ccccc2C1=O. The number of carboxylic acid groups (broad SMARTS) is 1. The number of carbonyl (C=O) groups is 3. The van der Waals surface area contributed by atoms with Crippen molar-refractivity contribution in [2.24, 2.45) is 0 Å². The molecule has 0 saturated heterocycles. The number of carbonyl (C=O) groups excluding carboxylic acids is 2. The zero-order valence-corrected chi connectivity index (χ0v) is 15.9. The number of rotatable bonds is 8. The number of imide groups is 1. The molecule has 1 unspecified atom stereocenters. The van der Waals surface area contributed by atoms with Gasteiger partial charge in [-0.15, -0.1) is 0 Å². The standard InChI is InChI=1S/C22H23NO5/c1-22(2,23-19(24)16-10-6-7-11-17(16)20(23)25)14-28-18(21(26)27)13-12-15-8-4-3-5-9-15/h3-11,18H,12-14H2,1-2H3,(H,26,27). The van der Waals surface area contributed by atoms with Crippen molar-refractivity contribution in [3.05, 3.63) is 71.3 Å². The number of ether oxygens (including phenoxy) is 1. The van der Waals surface area contributed by atoms with E-state index in [-0.39, 0.29) is 18.4 Å². The first kappa shape index (κ1) is 19.8. The number of hydrogen-bond donors (Lipinski definition) is 1. The van der Waals surface area contributed by atoms with Crippen molar-refractivity contribution >= 4 is 17.8 Å². The summed E-state index contributed by atoms with van der Waals surface area (Å²) in [6.07, 6.45) is -0.155. The third-order valence-corrected chi connectivity index (χ3v) is 4.85. The van der Waals surface area contributed by atoms with Crippen molar-refractivity contribution in [3.63, 3.8) is 0 Å². The number of aryl methyl sites for hydroxylation is 1. The minimum atomic E-state index is -1.06. The largest absolute Gasteiger partial charge is 0.479 e. The molecule has 0 aromatic heterocycles. The summed E-state index contributed by atoms with van der Waals surface area (Å²) in [6.45, 7) is 3.33. The molecule has 1 heterocycles. The first-order valence-corrected chi connectivity index (χ1v) is 9.17. The van der Waals surface area contributed by atoms with Gasteiger partial charge >= 0.3 is 5.97 Å². The van der Waals surface area contributed by atoms with E-state index < -0.39 is 17.6 Å². The molecule has 3 rings (SSSR count). The summed E-state index contributed by atoms with van der Waals surface area (Å²) in [4.78, 5) is 38.1. The number of benzene rings is 2. The highest BCUT2D eigenvalue weighted by Crippen LogP contribution is 2.29. The maximum atomic E-state index is 12.7. The Labute approximate surface area is 163 Å². The molecule has 0 fully saturated rings. The Balaban J connectivity index is 1.67. The lowest BCUT2D eigenvalue weighted by atomic mass is 10.0. The Hall–Kier alpha value is -2.99. The Morgan fingerprint density at radius 2 is 1.54 bits per heavy atom. The second-order valence-electron chi connectivity index (χ2n) is 7.47. The molecule has 6 nitrogen and oxygen atoms in total. The van der Waals surface area contributed by atoms with E-state index in [4.69, 9.17) is 4.74 Å². The number of fused-ring (bicyclic) bond motifs is 1. The van der Waals surface area contributed by atoms with Gasteiger partial charge < -0.3 is 9.84 Å². The van der Waals surface area contributed by atoms with E-state index in [2.05, 4.69) is 0 Å². The Kier molecular flexibility index (Phi) is 5.61. The molecule has 1 aliphatic heterocycles. The van der Waals surface area contributed by atoms with Gasteiger partial charge in [0, 0.05) is 0 Å². The zero-order chi connectivity index (χ0) is 20.3. The Bertz CT molecular complexity index is 856. The quantitative estimate of drug-likeness (QED) is 0.710. The van der Waals surface area contributed by atoms with Crippen LogP contribution in [0.15, 0.2) is 54.6 Å². The van der Waals surface area contributed by atoms with Crippen LogP contribution in [0, 0.1) is 0 Å². The van der Waals surface area contributed by atoms with E-state index in [1.54, 1.807) is 38.1 Å². The maximum absolute atomic E-state index is 12.7. The molecule has 0 bridgehead atoms. The van der Waals surface area contributed by atoms with Crippen LogP contribution in [-0.4, -0.2) is 46.0 Å². The fourth-order valence-electron chi connectivity index (χ4n) is 3.33. The van der Waals surface area contributed by atoms with Crippen LogP contribution in [0.1, 0.15) is 46.5 Å². The molecule has 2 aromatic rings. The Morgan fingerprint density at radius 1 is 1.00 bits per heavy atom. The summed E-state index contributed by atoms with van der Waals surface area (Å²) < 4.78 is 5.65. The van der Waals surface area contributed by atoms with E-state index in [1.807, 2.05) is 30.3 Å². The summed E-state index contributed by atoms with van der Waals surface area (Å²) in [5, 5.41) is 9.49. The molecule has 6 heteroatoms. The maximum Gasteiger partial charge on any atom is 0.332 e. The van der Waals surface area contributed by atoms with Crippen LogP contribution in [0.3, 0.4) is 0 Å². The third kappa shape index (κ3) is 3.97. The number of nitrogens with zero attached hydrogens (tertiary/aromatic N) is 1. The summed E-state index contributed by atoms with van der Waals surface area (Å²) in [5.41, 5.74) is 0.768. The van der Waals surface area contributed by atoms with Gasteiger partial charge in [0.05, 0.1) is 23.3 Å². The van der Waals surface area contributed by atoms with Crippen LogP contribution in [-0.2, 0) is 16.0 Å². The van der Waals surface area contributed by atoms with Gasteiger partial charge in [0.25, 0.3) is 11.8 Å². The predicted octanol–water partition coefficient (Wildman–Crippen LogP) is 3.16.